The molecule has 0 spiro atoms. The number of hydrogen-bond donors (Lipinski definition) is 1. The smallest absolute Gasteiger partial charge is 0.244 e. The highest BCUT2D eigenvalue weighted by Gasteiger charge is 2.20. The van der Waals surface area contributed by atoms with Crippen LogP contribution in [0.15, 0.2) is 47.4 Å². The Kier molecular flexibility index (Phi) is 4.29. The molecule has 3 nitrogen and oxygen atoms in total. The number of para-hydroxylation sites is 2. The fourth-order valence-corrected chi connectivity index (χ4v) is 3.41. The van der Waals surface area contributed by atoms with E-state index >= 15 is 0 Å². The van der Waals surface area contributed by atoms with E-state index in [9.17, 15) is 13.6 Å². The number of fused-ring (bicyclic) bond motifs is 1. The normalized spacial score (nSPS) is 13.6. The fraction of sp³-hybridized carbons (Fsp3) is 0.188. The summed E-state index contributed by atoms with van der Waals surface area (Å²) in [6.07, 6.45) is 0. The Morgan fingerprint density at radius 2 is 1.86 bits per heavy atom. The summed E-state index contributed by atoms with van der Waals surface area (Å²) in [6.45, 7) is 0.778. The molecular weight excluding hydrogens is 306 g/mol. The van der Waals surface area contributed by atoms with Crippen LogP contribution in [-0.2, 0) is 4.79 Å². The van der Waals surface area contributed by atoms with Gasteiger partial charge in [-0.1, -0.05) is 18.2 Å². The van der Waals surface area contributed by atoms with Crippen molar-refractivity contribution >= 4 is 29.0 Å². The Morgan fingerprint density at radius 3 is 2.64 bits per heavy atom. The van der Waals surface area contributed by atoms with Gasteiger partial charge in [0.1, 0.15) is 17.3 Å². The van der Waals surface area contributed by atoms with Gasteiger partial charge in [0.25, 0.3) is 0 Å². The van der Waals surface area contributed by atoms with E-state index in [1.165, 1.54) is 6.07 Å². The van der Waals surface area contributed by atoms with E-state index in [0.717, 1.165) is 35.0 Å². The summed E-state index contributed by atoms with van der Waals surface area (Å²) in [5.74, 6) is -1.12. The number of halogens is 2. The van der Waals surface area contributed by atoms with Crippen LogP contribution >= 0.6 is 11.8 Å². The zero-order valence-electron chi connectivity index (χ0n) is 11.7. The Morgan fingerprint density at radius 1 is 1.14 bits per heavy atom. The Hall–Kier alpha value is -2.08. The van der Waals surface area contributed by atoms with E-state index in [1.807, 2.05) is 29.2 Å². The van der Waals surface area contributed by atoms with Gasteiger partial charge in [-0.25, -0.2) is 8.78 Å². The van der Waals surface area contributed by atoms with Crippen LogP contribution in [0.4, 0.5) is 20.2 Å². The molecule has 0 radical (unpaired) electrons. The fourth-order valence-electron chi connectivity index (χ4n) is 2.36. The molecule has 0 aromatic heterocycles. The number of nitrogens with zero attached hydrogens (tertiary/aromatic N) is 1. The zero-order chi connectivity index (χ0) is 15.5. The van der Waals surface area contributed by atoms with Gasteiger partial charge in [-0.15, -0.1) is 11.8 Å². The lowest BCUT2D eigenvalue weighted by atomic mass is 10.2. The number of amides is 1. The van der Waals surface area contributed by atoms with E-state index in [0.29, 0.717) is 0 Å². The highest BCUT2D eigenvalue weighted by Crippen LogP contribution is 2.34. The van der Waals surface area contributed by atoms with Crippen molar-refractivity contribution in [3.05, 3.63) is 54.1 Å². The Labute approximate surface area is 131 Å². The molecule has 22 heavy (non-hydrogen) atoms. The highest BCUT2D eigenvalue weighted by atomic mass is 32.2. The molecule has 0 atom stereocenters. The van der Waals surface area contributed by atoms with Gasteiger partial charge in [0, 0.05) is 17.2 Å². The van der Waals surface area contributed by atoms with Gasteiger partial charge in [-0.3, -0.25) is 4.79 Å². The van der Waals surface area contributed by atoms with Crippen LogP contribution in [0.5, 0.6) is 0 Å². The summed E-state index contributed by atoms with van der Waals surface area (Å²) in [7, 11) is 0. The number of carbonyl (C=O) groups is 1. The summed E-state index contributed by atoms with van der Waals surface area (Å²) in [6, 6.07) is 11.3. The molecule has 1 aliphatic rings. The molecule has 0 saturated heterocycles. The van der Waals surface area contributed by atoms with E-state index in [2.05, 4.69) is 5.32 Å². The molecule has 2 aromatic rings. The van der Waals surface area contributed by atoms with E-state index in [1.54, 1.807) is 11.8 Å². The standard InChI is InChI=1S/C16H14F2N2OS/c17-11-4-3-5-12(18)16(11)19-15(21)10-20-8-9-22-14-7-2-1-6-13(14)20/h1-7H,8-10H2,(H,19,21). The molecule has 0 unspecified atom stereocenters. The van der Waals surface area contributed by atoms with Crippen LogP contribution in [0.2, 0.25) is 0 Å². The second-order valence-corrected chi connectivity index (χ2v) is 6.02. The highest BCUT2D eigenvalue weighted by molar-refractivity contribution is 7.99. The molecule has 1 aliphatic heterocycles. The van der Waals surface area contributed by atoms with Crippen molar-refractivity contribution in [1.82, 2.24) is 0 Å². The van der Waals surface area contributed by atoms with Crippen molar-refractivity contribution in [3.8, 4) is 0 Å². The van der Waals surface area contributed by atoms with Crippen LogP contribution < -0.4 is 10.2 Å². The van der Waals surface area contributed by atoms with Gasteiger partial charge in [-0.2, -0.15) is 0 Å². The molecule has 2 aromatic carbocycles. The SMILES string of the molecule is O=C(CN1CCSc2ccccc21)Nc1c(F)cccc1F. The number of carbonyl (C=O) groups excluding carboxylic acids is 1. The number of nitrogens with one attached hydrogen (secondary N) is 1. The first-order valence-corrected chi connectivity index (χ1v) is 7.84. The molecule has 1 N–H and O–H groups in total. The Bertz CT molecular complexity index is 688. The minimum atomic E-state index is -0.775. The van der Waals surface area contributed by atoms with Crippen molar-refractivity contribution in [2.75, 3.05) is 29.1 Å². The minimum Gasteiger partial charge on any atom is -0.360 e. The van der Waals surface area contributed by atoms with Gasteiger partial charge in [0.15, 0.2) is 0 Å². The molecule has 1 amide bonds. The third-order valence-corrected chi connectivity index (χ3v) is 4.43. The first-order chi connectivity index (χ1) is 10.6. The lowest BCUT2D eigenvalue weighted by molar-refractivity contribution is -0.115. The zero-order valence-corrected chi connectivity index (χ0v) is 12.5. The first kappa shape index (κ1) is 14.8. The van der Waals surface area contributed by atoms with Gasteiger partial charge < -0.3 is 10.2 Å². The lowest BCUT2D eigenvalue weighted by Gasteiger charge is -2.30. The largest absolute Gasteiger partial charge is 0.360 e. The maximum Gasteiger partial charge on any atom is 0.244 e. The molecule has 0 saturated carbocycles. The summed E-state index contributed by atoms with van der Waals surface area (Å²) >= 11 is 1.74. The van der Waals surface area contributed by atoms with Gasteiger partial charge in [-0.05, 0) is 24.3 Å². The van der Waals surface area contributed by atoms with Crippen LogP contribution in [0.25, 0.3) is 0 Å². The summed E-state index contributed by atoms with van der Waals surface area (Å²) in [5, 5.41) is 2.32. The number of anilines is 2. The molecule has 0 fully saturated rings. The number of hydrogen-bond acceptors (Lipinski definition) is 3. The summed E-state index contributed by atoms with van der Waals surface area (Å²) < 4.78 is 27.1. The van der Waals surface area contributed by atoms with Crippen molar-refractivity contribution in [3.63, 3.8) is 0 Å². The van der Waals surface area contributed by atoms with Crippen molar-refractivity contribution < 1.29 is 13.6 Å². The van der Waals surface area contributed by atoms with Crippen molar-refractivity contribution in [2.24, 2.45) is 0 Å². The van der Waals surface area contributed by atoms with Crippen molar-refractivity contribution in [1.29, 1.82) is 0 Å². The van der Waals surface area contributed by atoms with Crippen LogP contribution in [-0.4, -0.2) is 24.7 Å². The second kappa shape index (κ2) is 6.36. The third-order valence-electron chi connectivity index (χ3n) is 3.39. The van der Waals surface area contributed by atoms with Crippen LogP contribution in [0, 0.1) is 11.6 Å². The molecule has 3 rings (SSSR count). The predicted octanol–water partition coefficient (Wildman–Crippen LogP) is 3.52. The number of thioether (sulfide) groups is 1. The maximum absolute atomic E-state index is 13.6. The predicted molar refractivity (Wildman–Crippen MR) is 84.4 cm³/mol. The molecule has 1 heterocycles. The topological polar surface area (TPSA) is 32.3 Å². The van der Waals surface area contributed by atoms with Crippen LogP contribution in [0.3, 0.4) is 0 Å². The maximum atomic E-state index is 13.6. The molecular formula is C16H14F2N2OS. The number of rotatable bonds is 3. The van der Waals surface area contributed by atoms with Gasteiger partial charge in [0.2, 0.25) is 5.91 Å². The summed E-state index contributed by atoms with van der Waals surface area (Å²) in [5.41, 5.74) is 0.579. The quantitative estimate of drug-likeness (QED) is 0.939. The van der Waals surface area contributed by atoms with Crippen molar-refractivity contribution in [2.45, 2.75) is 4.90 Å². The average Bonchev–Trinajstić information content (AvgIpc) is 2.51. The van der Waals surface area contributed by atoms with Gasteiger partial charge in [0.05, 0.1) is 12.2 Å². The molecule has 0 aliphatic carbocycles. The van der Waals surface area contributed by atoms with Crippen LogP contribution in [0.1, 0.15) is 0 Å². The third kappa shape index (κ3) is 3.06. The van der Waals surface area contributed by atoms with E-state index < -0.39 is 23.2 Å². The second-order valence-electron chi connectivity index (χ2n) is 4.88. The number of benzene rings is 2. The lowest BCUT2D eigenvalue weighted by Crippen LogP contribution is -2.37. The summed E-state index contributed by atoms with van der Waals surface area (Å²) in [4.78, 5) is 15.1. The Balaban J connectivity index is 1.73. The molecule has 0 bridgehead atoms. The van der Waals surface area contributed by atoms with Gasteiger partial charge >= 0.3 is 0 Å². The minimum absolute atomic E-state index is 0.0609. The average molecular weight is 320 g/mol. The first-order valence-electron chi connectivity index (χ1n) is 6.86. The van der Waals surface area contributed by atoms with E-state index in [4.69, 9.17) is 0 Å². The molecule has 6 heteroatoms. The van der Waals surface area contributed by atoms with E-state index in [-0.39, 0.29) is 6.54 Å². The molecule has 114 valence electrons. The monoisotopic (exact) mass is 320 g/mol.